The van der Waals surface area contributed by atoms with Crippen LogP contribution in [0, 0.1) is 12.8 Å². The molecule has 1 N–H and O–H groups in total. The molecule has 1 aliphatic heterocycles. The summed E-state index contributed by atoms with van der Waals surface area (Å²) >= 11 is 0. The molecule has 1 aromatic heterocycles. The smallest absolute Gasteiger partial charge is 0.325 e. The largest absolute Gasteiger partial charge is 0.480 e. The summed E-state index contributed by atoms with van der Waals surface area (Å²) in [5, 5.41) is 11.6. The van der Waals surface area contributed by atoms with E-state index in [2.05, 4.69) is 11.9 Å². The Kier molecular flexibility index (Phi) is 3.18. The van der Waals surface area contributed by atoms with Crippen molar-refractivity contribution in [2.45, 2.75) is 19.9 Å². The van der Waals surface area contributed by atoms with Crippen molar-refractivity contribution in [3.8, 4) is 0 Å². The third-order valence-corrected chi connectivity index (χ3v) is 4.03. The second-order valence-corrected chi connectivity index (χ2v) is 5.64. The number of aromatic nitrogens is 1. The second-order valence-electron chi connectivity index (χ2n) is 5.64. The van der Waals surface area contributed by atoms with Crippen LogP contribution >= 0.6 is 0 Å². The van der Waals surface area contributed by atoms with Crippen LogP contribution in [0.3, 0.4) is 0 Å². The third kappa shape index (κ3) is 2.06. The Hall–Kier alpha value is -1.94. The maximum Gasteiger partial charge on any atom is 0.325 e. The van der Waals surface area contributed by atoms with Crippen LogP contribution < -0.4 is 0 Å². The predicted molar refractivity (Wildman–Crippen MR) is 77.6 cm³/mol. The van der Waals surface area contributed by atoms with Gasteiger partial charge in [-0.1, -0.05) is 25.1 Å². The third-order valence-electron chi connectivity index (χ3n) is 4.03. The Balaban J connectivity index is 2.12. The van der Waals surface area contributed by atoms with Crippen molar-refractivity contribution in [3.05, 3.63) is 41.7 Å². The molecule has 0 bridgehead atoms. The minimum Gasteiger partial charge on any atom is -0.480 e. The molecule has 0 saturated carbocycles. The fourth-order valence-corrected chi connectivity index (χ4v) is 3.06. The van der Waals surface area contributed by atoms with Gasteiger partial charge < -0.3 is 5.11 Å². The number of hydrogen-bond acceptors (Lipinski definition) is 3. The van der Waals surface area contributed by atoms with Crippen LogP contribution in [0.2, 0.25) is 0 Å². The molecule has 2 heterocycles. The first-order valence-corrected chi connectivity index (χ1v) is 6.89. The first kappa shape index (κ1) is 13.1. The van der Waals surface area contributed by atoms with E-state index in [0.29, 0.717) is 5.92 Å². The molecule has 0 spiro atoms. The van der Waals surface area contributed by atoms with Gasteiger partial charge in [0.25, 0.3) is 0 Å². The van der Waals surface area contributed by atoms with E-state index >= 15 is 0 Å². The number of fused-ring (bicyclic) bond motifs is 1. The van der Waals surface area contributed by atoms with Crippen molar-refractivity contribution in [2.24, 2.45) is 5.92 Å². The molecule has 104 valence electrons. The van der Waals surface area contributed by atoms with E-state index in [1.54, 1.807) is 6.20 Å². The molecule has 2 aromatic rings. The number of rotatable bonds is 3. The number of aliphatic carboxylic acids is 1. The summed E-state index contributed by atoms with van der Waals surface area (Å²) in [6.07, 6.45) is 1.75. The summed E-state index contributed by atoms with van der Waals surface area (Å²) in [6.45, 7) is 5.79. The van der Waals surface area contributed by atoms with Crippen molar-refractivity contribution < 1.29 is 9.90 Å². The monoisotopic (exact) mass is 270 g/mol. The van der Waals surface area contributed by atoms with Crippen LogP contribution in [0.4, 0.5) is 0 Å². The van der Waals surface area contributed by atoms with E-state index in [0.717, 1.165) is 35.1 Å². The summed E-state index contributed by atoms with van der Waals surface area (Å²) in [6, 6.07) is 7.20. The highest BCUT2D eigenvalue weighted by atomic mass is 16.4. The Morgan fingerprint density at radius 1 is 1.35 bits per heavy atom. The van der Waals surface area contributed by atoms with E-state index in [1.165, 1.54) is 0 Å². The van der Waals surface area contributed by atoms with Crippen molar-refractivity contribution in [1.29, 1.82) is 0 Å². The number of carboxylic acid groups (broad SMARTS) is 1. The van der Waals surface area contributed by atoms with E-state index in [1.807, 2.05) is 36.1 Å². The molecule has 1 aliphatic rings. The lowest BCUT2D eigenvalue weighted by atomic mass is 9.92. The van der Waals surface area contributed by atoms with Gasteiger partial charge in [-0.15, -0.1) is 0 Å². The summed E-state index contributed by atoms with van der Waals surface area (Å²) in [7, 11) is 0. The van der Waals surface area contributed by atoms with Gasteiger partial charge in [0.1, 0.15) is 6.04 Å². The van der Waals surface area contributed by atoms with Crippen molar-refractivity contribution >= 4 is 16.7 Å². The lowest BCUT2D eigenvalue weighted by molar-refractivity contribution is -0.146. The zero-order chi connectivity index (χ0) is 14.3. The average molecular weight is 270 g/mol. The maximum absolute atomic E-state index is 11.7. The summed E-state index contributed by atoms with van der Waals surface area (Å²) in [5.41, 5.74) is 1.80. The molecule has 1 aromatic carbocycles. The molecule has 0 radical (unpaired) electrons. The van der Waals surface area contributed by atoms with Crippen LogP contribution in [0.1, 0.15) is 24.2 Å². The lowest BCUT2D eigenvalue weighted by Crippen LogP contribution is -2.49. The van der Waals surface area contributed by atoms with Gasteiger partial charge in [0.2, 0.25) is 0 Å². The molecule has 0 aliphatic carbocycles. The summed E-state index contributed by atoms with van der Waals surface area (Å²) < 4.78 is 0. The van der Waals surface area contributed by atoms with Crippen molar-refractivity contribution in [1.82, 2.24) is 9.88 Å². The molecule has 20 heavy (non-hydrogen) atoms. The molecule has 0 amide bonds. The molecular weight excluding hydrogens is 252 g/mol. The molecule has 1 unspecified atom stereocenters. The molecular formula is C16H18N2O2. The van der Waals surface area contributed by atoms with Gasteiger partial charge in [-0.2, -0.15) is 0 Å². The van der Waals surface area contributed by atoms with E-state index in [4.69, 9.17) is 0 Å². The quantitative estimate of drug-likeness (QED) is 0.931. The van der Waals surface area contributed by atoms with Crippen LogP contribution in [0.5, 0.6) is 0 Å². The summed E-state index contributed by atoms with van der Waals surface area (Å²) in [4.78, 5) is 18.0. The fourth-order valence-electron chi connectivity index (χ4n) is 3.06. The number of likely N-dealkylation sites (tertiary alicyclic amines) is 1. The maximum atomic E-state index is 11.7. The number of carboxylic acids is 1. The van der Waals surface area contributed by atoms with Gasteiger partial charge in [0.15, 0.2) is 0 Å². The minimum absolute atomic E-state index is 0.559. The molecule has 1 saturated heterocycles. The first-order valence-electron chi connectivity index (χ1n) is 6.89. The highest BCUT2D eigenvalue weighted by Gasteiger charge is 2.35. The highest BCUT2D eigenvalue weighted by Crippen LogP contribution is 2.33. The van der Waals surface area contributed by atoms with Gasteiger partial charge in [-0.05, 0) is 29.9 Å². The summed E-state index contributed by atoms with van der Waals surface area (Å²) in [5.74, 6) is -0.200. The molecule has 3 rings (SSSR count). The van der Waals surface area contributed by atoms with Gasteiger partial charge in [-0.25, -0.2) is 0 Å². The van der Waals surface area contributed by atoms with E-state index < -0.39 is 12.0 Å². The van der Waals surface area contributed by atoms with Crippen LogP contribution in [-0.4, -0.2) is 34.0 Å². The highest BCUT2D eigenvalue weighted by molar-refractivity contribution is 5.91. The Morgan fingerprint density at radius 3 is 2.75 bits per heavy atom. The Labute approximate surface area is 118 Å². The van der Waals surface area contributed by atoms with Gasteiger partial charge in [0.05, 0.1) is 0 Å². The Bertz CT molecular complexity index is 663. The number of carbonyl (C=O) groups is 1. The van der Waals surface area contributed by atoms with Crippen LogP contribution in [0.15, 0.2) is 30.5 Å². The minimum atomic E-state index is -0.779. The zero-order valence-electron chi connectivity index (χ0n) is 11.7. The number of pyridine rings is 1. The normalized spacial score (nSPS) is 17.9. The average Bonchev–Trinajstić information content (AvgIpc) is 2.38. The molecule has 1 atom stereocenters. The number of benzene rings is 1. The van der Waals surface area contributed by atoms with Crippen molar-refractivity contribution in [3.63, 3.8) is 0 Å². The van der Waals surface area contributed by atoms with E-state index in [9.17, 15) is 9.90 Å². The molecule has 4 heteroatoms. The van der Waals surface area contributed by atoms with Crippen LogP contribution in [-0.2, 0) is 4.79 Å². The standard InChI is InChI=1S/C16H18N2O2/c1-10-8-18(9-10)15(16(19)20)14-5-3-4-12-11(2)17-7-6-13(12)14/h3-7,10,15H,8-9H2,1-2H3,(H,19,20). The van der Waals surface area contributed by atoms with Crippen molar-refractivity contribution in [2.75, 3.05) is 13.1 Å². The van der Waals surface area contributed by atoms with E-state index in [-0.39, 0.29) is 0 Å². The van der Waals surface area contributed by atoms with Gasteiger partial charge in [-0.3, -0.25) is 14.7 Å². The predicted octanol–water partition coefficient (Wildman–Crippen LogP) is 2.62. The second kappa shape index (κ2) is 4.87. The number of hydrogen-bond donors (Lipinski definition) is 1. The van der Waals surface area contributed by atoms with Crippen LogP contribution in [0.25, 0.3) is 10.8 Å². The first-order chi connectivity index (χ1) is 9.58. The molecule has 1 fully saturated rings. The fraction of sp³-hybridized carbons (Fsp3) is 0.375. The number of aryl methyl sites for hydroxylation is 1. The SMILES string of the molecule is Cc1nccc2c(C(C(=O)O)N3CC(C)C3)cccc12. The molecule has 4 nitrogen and oxygen atoms in total. The van der Waals surface area contributed by atoms with Gasteiger partial charge >= 0.3 is 5.97 Å². The zero-order valence-corrected chi connectivity index (χ0v) is 11.7. The lowest BCUT2D eigenvalue weighted by Gasteiger charge is -2.41. The van der Waals surface area contributed by atoms with Gasteiger partial charge in [0, 0.05) is 30.4 Å². The Morgan fingerprint density at radius 2 is 2.10 bits per heavy atom. The number of nitrogens with zero attached hydrogens (tertiary/aromatic N) is 2. The topological polar surface area (TPSA) is 53.4 Å².